The zero-order valence-electron chi connectivity index (χ0n) is 22.7. The van der Waals surface area contributed by atoms with Gasteiger partial charge in [0, 0.05) is 25.6 Å². The van der Waals surface area contributed by atoms with Crippen LogP contribution in [0.15, 0.2) is 42.5 Å². The van der Waals surface area contributed by atoms with Crippen LogP contribution in [0.25, 0.3) is 0 Å². The minimum Gasteiger partial charge on any atom is -0.495 e. The summed E-state index contributed by atoms with van der Waals surface area (Å²) in [6.45, 7) is 1.96. The van der Waals surface area contributed by atoms with E-state index in [1.165, 1.54) is 22.7 Å². The Morgan fingerprint density at radius 1 is 1.08 bits per heavy atom. The third kappa shape index (κ3) is 8.75. The van der Waals surface area contributed by atoms with Crippen molar-refractivity contribution in [1.29, 1.82) is 0 Å². The molecule has 3 rings (SSSR count). The molecule has 2 aromatic rings. The molecule has 0 spiro atoms. The van der Waals surface area contributed by atoms with E-state index in [0.717, 1.165) is 37.5 Å². The van der Waals surface area contributed by atoms with E-state index in [-0.39, 0.29) is 43.8 Å². The van der Waals surface area contributed by atoms with Crippen molar-refractivity contribution in [2.24, 2.45) is 0 Å². The molecule has 0 heterocycles. The van der Waals surface area contributed by atoms with Crippen LogP contribution in [0.5, 0.6) is 5.75 Å². The van der Waals surface area contributed by atoms with Gasteiger partial charge in [-0.25, -0.2) is 8.42 Å². The SMILES string of the molecule is COc1ccccc1N(CCCC(=O)N(Cc1ccc(Cl)c(Cl)c1)[C@H](C)C(=O)NC1CCCCC1)S(C)(=O)=O. The summed E-state index contributed by atoms with van der Waals surface area (Å²) in [6.07, 6.45) is 6.61. The molecule has 0 aliphatic heterocycles. The number of ether oxygens (including phenoxy) is 1. The van der Waals surface area contributed by atoms with Crippen molar-refractivity contribution in [2.45, 2.75) is 70.5 Å². The maximum absolute atomic E-state index is 13.5. The molecular weight excluding hydrogens is 561 g/mol. The van der Waals surface area contributed by atoms with Gasteiger partial charge in [0.15, 0.2) is 0 Å². The highest BCUT2D eigenvalue weighted by Crippen LogP contribution is 2.30. The lowest BCUT2D eigenvalue weighted by Crippen LogP contribution is -2.50. The van der Waals surface area contributed by atoms with E-state index in [0.29, 0.717) is 21.5 Å². The summed E-state index contributed by atoms with van der Waals surface area (Å²) < 4.78 is 31.8. The van der Waals surface area contributed by atoms with Gasteiger partial charge in [0.25, 0.3) is 0 Å². The van der Waals surface area contributed by atoms with Gasteiger partial charge in [-0.1, -0.05) is 60.7 Å². The molecule has 2 aromatic carbocycles. The Kier molecular flexibility index (Phi) is 11.3. The maximum atomic E-state index is 13.5. The summed E-state index contributed by atoms with van der Waals surface area (Å²) in [5.74, 6) is -0.0496. The molecule has 1 aliphatic carbocycles. The fraction of sp³-hybridized carbons (Fsp3) is 0.500. The Morgan fingerprint density at radius 3 is 2.41 bits per heavy atom. The van der Waals surface area contributed by atoms with Gasteiger partial charge in [-0.05, 0) is 56.0 Å². The number of rotatable bonds is 12. The summed E-state index contributed by atoms with van der Waals surface area (Å²) >= 11 is 12.3. The molecule has 0 bridgehead atoms. The molecule has 1 fully saturated rings. The number of carbonyl (C=O) groups is 2. The minimum atomic E-state index is -3.64. The number of hydrogen-bond acceptors (Lipinski definition) is 5. The van der Waals surface area contributed by atoms with Crippen molar-refractivity contribution in [2.75, 3.05) is 24.2 Å². The quantitative estimate of drug-likeness (QED) is 0.352. The van der Waals surface area contributed by atoms with E-state index in [9.17, 15) is 18.0 Å². The Labute approximate surface area is 241 Å². The van der Waals surface area contributed by atoms with Gasteiger partial charge in [0.2, 0.25) is 21.8 Å². The van der Waals surface area contributed by atoms with Gasteiger partial charge in [-0.3, -0.25) is 13.9 Å². The molecule has 0 saturated heterocycles. The summed E-state index contributed by atoms with van der Waals surface area (Å²) in [7, 11) is -2.16. The van der Waals surface area contributed by atoms with Crippen LogP contribution in [0.4, 0.5) is 5.69 Å². The van der Waals surface area contributed by atoms with Crippen LogP contribution < -0.4 is 14.4 Å². The molecule has 8 nitrogen and oxygen atoms in total. The van der Waals surface area contributed by atoms with Crippen LogP contribution in [0.2, 0.25) is 10.0 Å². The molecule has 0 aromatic heterocycles. The molecule has 11 heteroatoms. The second kappa shape index (κ2) is 14.2. The van der Waals surface area contributed by atoms with Crippen molar-refractivity contribution in [3.8, 4) is 5.75 Å². The first-order valence-corrected chi connectivity index (χ1v) is 15.8. The van der Waals surface area contributed by atoms with Gasteiger partial charge < -0.3 is 15.0 Å². The van der Waals surface area contributed by atoms with E-state index in [1.54, 1.807) is 49.4 Å². The number of para-hydroxylation sites is 2. The second-order valence-electron chi connectivity index (χ2n) is 9.90. The number of nitrogens with one attached hydrogen (secondary N) is 1. The van der Waals surface area contributed by atoms with Crippen LogP contribution in [0.1, 0.15) is 57.4 Å². The maximum Gasteiger partial charge on any atom is 0.242 e. The second-order valence-corrected chi connectivity index (χ2v) is 12.6. The number of sulfonamides is 1. The van der Waals surface area contributed by atoms with Crippen LogP contribution in [0.3, 0.4) is 0 Å². The molecule has 1 aliphatic rings. The van der Waals surface area contributed by atoms with Crippen molar-refractivity contribution >= 4 is 50.7 Å². The van der Waals surface area contributed by atoms with E-state index in [2.05, 4.69) is 5.32 Å². The number of carbonyl (C=O) groups excluding carboxylic acids is 2. The summed E-state index contributed by atoms with van der Waals surface area (Å²) in [5, 5.41) is 3.87. The van der Waals surface area contributed by atoms with Gasteiger partial charge in [0.05, 0.1) is 29.1 Å². The van der Waals surface area contributed by atoms with Crippen LogP contribution in [-0.2, 0) is 26.2 Å². The summed E-state index contributed by atoms with van der Waals surface area (Å²) in [5.41, 5.74) is 1.14. The standard InChI is InChI=1S/C28H37Cl2N3O5S/c1-20(28(35)31-22-10-5-4-6-11-22)32(19-21-15-16-23(29)24(30)18-21)27(34)14-9-17-33(39(3,36)37)25-12-7-8-13-26(25)38-2/h7-8,12-13,15-16,18,20,22H,4-6,9-11,14,17,19H2,1-3H3,(H,31,35)/t20-/m1/s1. The Hall–Kier alpha value is -2.49. The molecule has 1 N–H and O–H groups in total. The highest BCUT2D eigenvalue weighted by molar-refractivity contribution is 7.92. The van der Waals surface area contributed by atoms with Gasteiger partial charge >= 0.3 is 0 Å². The first-order valence-electron chi connectivity index (χ1n) is 13.2. The first-order chi connectivity index (χ1) is 18.5. The number of methoxy groups -OCH3 is 1. The Bertz CT molecular complexity index is 1250. The highest BCUT2D eigenvalue weighted by atomic mass is 35.5. The fourth-order valence-electron chi connectivity index (χ4n) is 4.80. The molecular formula is C28H37Cl2N3O5S. The third-order valence-corrected chi connectivity index (χ3v) is 8.88. The highest BCUT2D eigenvalue weighted by Gasteiger charge is 2.29. The van der Waals surface area contributed by atoms with Crippen molar-refractivity contribution in [3.63, 3.8) is 0 Å². The lowest BCUT2D eigenvalue weighted by molar-refractivity contribution is -0.141. The van der Waals surface area contributed by atoms with Gasteiger partial charge in [-0.15, -0.1) is 0 Å². The largest absolute Gasteiger partial charge is 0.495 e. The number of amides is 2. The molecule has 1 atom stereocenters. The monoisotopic (exact) mass is 597 g/mol. The lowest BCUT2D eigenvalue weighted by Gasteiger charge is -2.31. The number of benzene rings is 2. The van der Waals surface area contributed by atoms with Crippen LogP contribution >= 0.6 is 23.2 Å². The zero-order chi connectivity index (χ0) is 28.6. The fourth-order valence-corrected chi connectivity index (χ4v) is 6.09. The van der Waals surface area contributed by atoms with E-state index in [4.69, 9.17) is 27.9 Å². The van der Waals surface area contributed by atoms with Gasteiger partial charge in [-0.2, -0.15) is 0 Å². The zero-order valence-corrected chi connectivity index (χ0v) is 25.0. The van der Waals surface area contributed by atoms with Crippen LogP contribution in [0, 0.1) is 0 Å². The molecule has 214 valence electrons. The average Bonchev–Trinajstić information content (AvgIpc) is 2.91. The molecule has 1 saturated carbocycles. The molecule has 0 radical (unpaired) electrons. The predicted molar refractivity (Wildman–Crippen MR) is 156 cm³/mol. The third-order valence-electron chi connectivity index (χ3n) is 6.96. The molecule has 2 amide bonds. The molecule has 39 heavy (non-hydrogen) atoms. The van der Waals surface area contributed by atoms with Gasteiger partial charge in [0.1, 0.15) is 11.8 Å². The van der Waals surface area contributed by atoms with Crippen LogP contribution in [-0.4, -0.2) is 57.1 Å². The minimum absolute atomic E-state index is 0.0452. The summed E-state index contributed by atoms with van der Waals surface area (Å²) in [6, 6.07) is 11.3. The number of nitrogens with zero attached hydrogens (tertiary/aromatic N) is 2. The van der Waals surface area contributed by atoms with Crippen molar-refractivity contribution in [3.05, 3.63) is 58.1 Å². The van der Waals surface area contributed by atoms with Crippen molar-refractivity contribution < 1.29 is 22.7 Å². The van der Waals surface area contributed by atoms with E-state index >= 15 is 0 Å². The van der Waals surface area contributed by atoms with Crippen molar-refractivity contribution in [1.82, 2.24) is 10.2 Å². The topological polar surface area (TPSA) is 96.0 Å². The number of anilines is 1. The Morgan fingerprint density at radius 2 is 1.77 bits per heavy atom. The van der Waals surface area contributed by atoms with E-state index in [1.807, 2.05) is 0 Å². The summed E-state index contributed by atoms with van der Waals surface area (Å²) in [4.78, 5) is 28.2. The lowest BCUT2D eigenvalue weighted by atomic mass is 9.95. The smallest absolute Gasteiger partial charge is 0.242 e. The Balaban J connectivity index is 1.75. The predicted octanol–water partition coefficient (Wildman–Crippen LogP) is 5.41. The normalized spacial score (nSPS) is 14.9. The van der Waals surface area contributed by atoms with E-state index < -0.39 is 16.1 Å². The number of halogens is 2. The first kappa shape index (κ1) is 31.0. The molecule has 0 unspecified atom stereocenters. The number of hydrogen-bond donors (Lipinski definition) is 1. The average molecular weight is 599 g/mol.